The zero-order valence-corrected chi connectivity index (χ0v) is 18.4. The van der Waals surface area contributed by atoms with Crippen molar-refractivity contribution in [1.29, 1.82) is 0 Å². The van der Waals surface area contributed by atoms with Crippen LogP contribution in [0.2, 0.25) is 0 Å². The minimum absolute atomic E-state index is 0.141. The Balaban J connectivity index is 1.25. The topological polar surface area (TPSA) is 100 Å². The van der Waals surface area contributed by atoms with Crippen molar-refractivity contribution in [2.75, 3.05) is 44.8 Å². The fraction of sp³-hybridized carbons (Fsp3) is 0.375. The second kappa shape index (κ2) is 10.9. The molecule has 2 saturated heterocycles. The number of hydrogen-bond acceptors (Lipinski definition) is 6. The first kappa shape index (κ1) is 22.8. The van der Waals surface area contributed by atoms with Crippen LogP contribution in [0.1, 0.15) is 12.0 Å². The van der Waals surface area contributed by atoms with Crippen molar-refractivity contribution in [3.8, 4) is 5.75 Å². The smallest absolute Gasteiger partial charge is 0.325 e. The fourth-order valence-electron chi connectivity index (χ4n) is 3.81. The molecule has 2 aliphatic rings. The number of nitrogens with one attached hydrogen (secondary N) is 2. The molecule has 0 radical (unpaired) electrons. The van der Waals surface area contributed by atoms with Crippen LogP contribution < -0.4 is 15.4 Å². The Morgan fingerprint density at radius 3 is 2.67 bits per heavy atom. The maximum absolute atomic E-state index is 12.6. The van der Waals surface area contributed by atoms with E-state index in [4.69, 9.17) is 9.47 Å². The quantitative estimate of drug-likeness (QED) is 0.564. The molecule has 0 saturated carbocycles. The van der Waals surface area contributed by atoms with Crippen molar-refractivity contribution in [3.05, 3.63) is 60.2 Å². The molecule has 0 spiro atoms. The second-order valence-corrected chi connectivity index (χ2v) is 7.99. The van der Waals surface area contributed by atoms with Crippen LogP contribution in [0.5, 0.6) is 5.75 Å². The van der Waals surface area contributed by atoms with Crippen LogP contribution in [0.3, 0.4) is 0 Å². The van der Waals surface area contributed by atoms with Crippen molar-refractivity contribution in [1.82, 2.24) is 15.1 Å². The van der Waals surface area contributed by atoms with Crippen LogP contribution in [0.4, 0.5) is 10.5 Å². The number of rotatable bonds is 9. The van der Waals surface area contributed by atoms with Crippen molar-refractivity contribution in [2.45, 2.75) is 19.0 Å². The molecule has 9 heteroatoms. The Bertz CT molecular complexity index is 978. The maximum Gasteiger partial charge on any atom is 0.325 e. The molecule has 33 heavy (non-hydrogen) atoms. The minimum atomic E-state index is -0.880. The van der Waals surface area contributed by atoms with E-state index in [1.54, 1.807) is 18.2 Å². The zero-order chi connectivity index (χ0) is 23.0. The molecule has 2 aromatic rings. The first-order valence-electron chi connectivity index (χ1n) is 11.1. The molecule has 2 N–H and O–H groups in total. The molecule has 2 aliphatic heterocycles. The Morgan fingerprint density at radius 2 is 1.88 bits per heavy atom. The van der Waals surface area contributed by atoms with E-state index in [1.165, 1.54) is 0 Å². The summed E-state index contributed by atoms with van der Waals surface area (Å²) in [4.78, 5) is 40.8. The number of carbonyl (C=O) groups excluding carboxylic acids is 3. The van der Waals surface area contributed by atoms with Crippen molar-refractivity contribution in [3.63, 3.8) is 0 Å². The van der Waals surface area contributed by atoms with Crippen LogP contribution in [-0.4, -0.2) is 73.1 Å². The van der Waals surface area contributed by atoms with Gasteiger partial charge < -0.3 is 20.1 Å². The number of benzene rings is 2. The Kier molecular flexibility index (Phi) is 7.54. The van der Waals surface area contributed by atoms with Gasteiger partial charge in [0.15, 0.2) is 0 Å². The van der Waals surface area contributed by atoms with Gasteiger partial charge in [0.25, 0.3) is 5.91 Å². The van der Waals surface area contributed by atoms with E-state index in [2.05, 4.69) is 15.5 Å². The van der Waals surface area contributed by atoms with E-state index in [9.17, 15) is 14.4 Å². The average Bonchev–Trinajstić information content (AvgIpc) is 3.08. The number of morpholine rings is 1. The molecule has 9 nitrogen and oxygen atoms in total. The van der Waals surface area contributed by atoms with Crippen molar-refractivity contribution < 1.29 is 23.9 Å². The van der Waals surface area contributed by atoms with E-state index in [0.717, 1.165) is 43.3 Å². The van der Waals surface area contributed by atoms with Gasteiger partial charge in [-0.1, -0.05) is 36.4 Å². The van der Waals surface area contributed by atoms with E-state index < -0.39 is 18.0 Å². The van der Waals surface area contributed by atoms with Gasteiger partial charge in [0.2, 0.25) is 5.91 Å². The second-order valence-electron chi connectivity index (χ2n) is 7.99. The highest BCUT2D eigenvalue weighted by molar-refractivity contribution is 6.06. The molecular formula is C24H28N4O5. The Morgan fingerprint density at radius 1 is 1.09 bits per heavy atom. The number of anilines is 1. The molecule has 0 unspecified atom stereocenters. The maximum atomic E-state index is 12.6. The largest absolute Gasteiger partial charge is 0.492 e. The van der Waals surface area contributed by atoms with Gasteiger partial charge in [0, 0.05) is 31.4 Å². The monoisotopic (exact) mass is 452 g/mol. The molecule has 0 bridgehead atoms. The van der Waals surface area contributed by atoms with E-state index >= 15 is 0 Å². The normalized spacial score (nSPS) is 18.8. The van der Waals surface area contributed by atoms with Crippen LogP contribution in [0.25, 0.3) is 0 Å². The molecule has 1 atom stereocenters. The molecule has 4 rings (SSSR count). The molecule has 2 heterocycles. The fourth-order valence-corrected chi connectivity index (χ4v) is 3.81. The Hall–Kier alpha value is -3.43. The van der Waals surface area contributed by atoms with Gasteiger partial charge in [-0.3, -0.25) is 19.4 Å². The number of hydrogen-bond donors (Lipinski definition) is 2. The lowest BCUT2D eigenvalue weighted by molar-refractivity contribution is -0.130. The average molecular weight is 453 g/mol. The minimum Gasteiger partial charge on any atom is -0.492 e. The molecular weight excluding hydrogens is 424 g/mol. The summed E-state index contributed by atoms with van der Waals surface area (Å²) in [5.74, 6) is -0.111. The van der Waals surface area contributed by atoms with E-state index in [1.807, 2.05) is 36.4 Å². The lowest BCUT2D eigenvalue weighted by Gasteiger charge is -2.26. The number of carbonyl (C=O) groups is 3. The number of amides is 4. The standard InChI is InChI=1S/C24H28N4O5/c29-22(16-21-23(30)28(24(31)26-21)17-18-5-2-1-3-6-18)25-19-7-4-8-20(15-19)33-14-11-27-9-12-32-13-10-27/h1-8,15,21H,9-14,16-17H2,(H,25,29)(H,26,31)/t21-/m1/s1. The summed E-state index contributed by atoms with van der Waals surface area (Å²) in [5.41, 5.74) is 1.42. The van der Waals surface area contributed by atoms with E-state index in [-0.39, 0.29) is 18.9 Å². The summed E-state index contributed by atoms with van der Waals surface area (Å²) >= 11 is 0. The Labute approximate surface area is 192 Å². The van der Waals surface area contributed by atoms with Gasteiger partial charge in [-0.05, 0) is 17.7 Å². The predicted octanol–water partition coefficient (Wildman–Crippen LogP) is 1.85. The summed E-state index contributed by atoms with van der Waals surface area (Å²) in [6, 6.07) is 15.0. The van der Waals surface area contributed by atoms with Gasteiger partial charge in [0.05, 0.1) is 26.2 Å². The number of nitrogens with zero attached hydrogens (tertiary/aromatic N) is 2. The molecule has 174 valence electrons. The van der Waals surface area contributed by atoms with Gasteiger partial charge in [-0.2, -0.15) is 0 Å². The first-order chi connectivity index (χ1) is 16.1. The summed E-state index contributed by atoms with van der Waals surface area (Å²) in [7, 11) is 0. The highest BCUT2D eigenvalue weighted by Crippen LogP contribution is 2.19. The zero-order valence-electron chi connectivity index (χ0n) is 18.4. The number of imide groups is 1. The molecule has 4 amide bonds. The van der Waals surface area contributed by atoms with Gasteiger partial charge >= 0.3 is 6.03 Å². The summed E-state index contributed by atoms with van der Waals surface area (Å²) in [6.45, 7) is 4.82. The molecule has 2 aromatic carbocycles. The van der Waals surface area contributed by atoms with Crippen LogP contribution >= 0.6 is 0 Å². The van der Waals surface area contributed by atoms with Gasteiger partial charge in [-0.15, -0.1) is 0 Å². The van der Waals surface area contributed by atoms with Crippen LogP contribution in [-0.2, 0) is 20.9 Å². The SMILES string of the molecule is O=C(C[C@H]1NC(=O)N(Cc2ccccc2)C1=O)Nc1cccc(OCCN2CCOCC2)c1. The third kappa shape index (κ3) is 6.30. The third-order valence-electron chi connectivity index (χ3n) is 5.58. The van der Waals surface area contributed by atoms with Crippen molar-refractivity contribution in [2.24, 2.45) is 0 Å². The lowest BCUT2D eigenvalue weighted by atomic mass is 10.1. The summed E-state index contributed by atoms with van der Waals surface area (Å²) < 4.78 is 11.2. The molecule has 2 fully saturated rings. The van der Waals surface area contributed by atoms with Gasteiger partial charge in [-0.25, -0.2) is 4.79 Å². The molecule has 0 aliphatic carbocycles. The lowest BCUT2D eigenvalue weighted by Crippen LogP contribution is -2.38. The van der Waals surface area contributed by atoms with Crippen molar-refractivity contribution >= 4 is 23.5 Å². The highest BCUT2D eigenvalue weighted by Gasteiger charge is 2.38. The summed E-state index contributed by atoms with van der Waals surface area (Å²) in [6.07, 6.45) is -0.141. The first-order valence-corrected chi connectivity index (χ1v) is 11.1. The number of ether oxygens (including phenoxy) is 2. The number of urea groups is 1. The van der Waals surface area contributed by atoms with Gasteiger partial charge in [0.1, 0.15) is 18.4 Å². The van der Waals surface area contributed by atoms with E-state index in [0.29, 0.717) is 18.0 Å². The summed E-state index contributed by atoms with van der Waals surface area (Å²) in [5, 5.41) is 5.38. The predicted molar refractivity (Wildman–Crippen MR) is 122 cm³/mol. The molecule has 0 aromatic heterocycles. The highest BCUT2D eigenvalue weighted by atomic mass is 16.5. The van der Waals surface area contributed by atoms with Crippen LogP contribution in [0.15, 0.2) is 54.6 Å². The van der Waals surface area contributed by atoms with Crippen LogP contribution in [0, 0.1) is 0 Å². The third-order valence-corrected chi connectivity index (χ3v) is 5.58.